The summed E-state index contributed by atoms with van der Waals surface area (Å²) in [5, 5.41) is 3.71. The van der Waals surface area contributed by atoms with Crippen LogP contribution in [-0.2, 0) is 17.7 Å². The third kappa shape index (κ3) is 5.55. The number of fused-ring (bicyclic) bond motifs is 5. The first kappa shape index (κ1) is 27.7. The third-order valence-electron chi connectivity index (χ3n) is 8.70. The lowest BCUT2D eigenvalue weighted by molar-refractivity contribution is -0.00726. The lowest BCUT2D eigenvalue weighted by Crippen LogP contribution is -2.41. The van der Waals surface area contributed by atoms with Crippen LogP contribution in [0.4, 0.5) is 13.2 Å². The molecule has 2 aliphatic rings. The number of nitrogens with zero attached hydrogens (tertiary/aromatic N) is 3. The maximum absolute atomic E-state index is 14.9. The Morgan fingerprint density at radius 2 is 1.76 bits per heavy atom. The third-order valence-corrected chi connectivity index (χ3v) is 8.70. The molecule has 3 aromatic heterocycles. The van der Waals surface area contributed by atoms with Crippen LogP contribution < -0.4 is 14.8 Å². The zero-order valence-corrected chi connectivity index (χ0v) is 23.1. The lowest BCUT2D eigenvalue weighted by Gasteiger charge is -2.31. The second-order valence-corrected chi connectivity index (χ2v) is 11.0. The summed E-state index contributed by atoms with van der Waals surface area (Å²) in [6, 6.07) is 7.43. The minimum Gasteiger partial charge on any atom is -0.481 e. The summed E-state index contributed by atoms with van der Waals surface area (Å²) in [5.41, 5.74) is 2.39. The first-order valence-electron chi connectivity index (χ1n) is 14.1. The highest BCUT2D eigenvalue weighted by molar-refractivity contribution is 5.81. The van der Waals surface area contributed by atoms with E-state index in [0.29, 0.717) is 59.4 Å². The number of aromatic nitrogens is 3. The molecule has 41 heavy (non-hydrogen) atoms. The van der Waals surface area contributed by atoms with Crippen molar-refractivity contribution in [1.82, 2.24) is 20.3 Å². The average molecular weight is 567 g/mol. The molecule has 7 nitrogen and oxygen atoms in total. The molecule has 0 amide bonds. The molecule has 4 aromatic rings. The van der Waals surface area contributed by atoms with Gasteiger partial charge in [0.15, 0.2) is 0 Å². The molecular weight excluding hydrogens is 533 g/mol. The maximum atomic E-state index is 14.9. The lowest BCUT2D eigenvalue weighted by atomic mass is 9.87. The van der Waals surface area contributed by atoms with Crippen molar-refractivity contribution in [1.29, 1.82) is 0 Å². The summed E-state index contributed by atoms with van der Waals surface area (Å²) in [5.74, 6) is -0.0263. The van der Waals surface area contributed by atoms with E-state index in [0.717, 1.165) is 44.2 Å². The molecule has 0 radical (unpaired) electrons. The highest BCUT2D eigenvalue weighted by Gasteiger charge is 2.36. The van der Waals surface area contributed by atoms with Gasteiger partial charge in [-0.3, -0.25) is 4.98 Å². The van der Waals surface area contributed by atoms with E-state index in [9.17, 15) is 13.2 Å². The number of methoxy groups -OCH3 is 2. The van der Waals surface area contributed by atoms with Crippen LogP contribution >= 0.6 is 0 Å². The number of hydrogen-bond donors (Lipinski definition) is 1. The molecular formula is C31H33F3N4O3. The highest BCUT2D eigenvalue weighted by atomic mass is 19.1. The highest BCUT2D eigenvalue weighted by Crippen LogP contribution is 2.38. The fraction of sp³-hybridized carbons (Fsp3) is 0.452. The van der Waals surface area contributed by atoms with E-state index < -0.39 is 11.6 Å². The fourth-order valence-electron chi connectivity index (χ4n) is 6.43. The molecule has 0 spiro atoms. The van der Waals surface area contributed by atoms with Crippen molar-refractivity contribution in [2.24, 2.45) is 11.8 Å². The van der Waals surface area contributed by atoms with Crippen LogP contribution in [0.5, 0.6) is 11.8 Å². The fourth-order valence-corrected chi connectivity index (χ4v) is 6.43. The van der Waals surface area contributed by atoms with E-state index in [4.69, 9.17) is 14.2 Å². The Morgan fingerprint density at radius 1 is 0.927 bits per heavy atom. The van der Waals surface area contributed by atoms with Crippen LogP contribution in [0, 0.1) is 29.3 Å². The molecule has 1 N–H and O–H groups in total. The summed E-state index contributed by atoms with van der Waals surface area (Å²) >= 11 is 0. The molecule has 2 fully saturated rings. The van der Waals surface area contributed by atoms with Crippen molar-refractivity contribution in [3.63, 3.8) is 0 Å². The molecule has 10 heteroatoms. The summed E-state index contributed by atoms with van der Waals surface area (Å²) in [7, 11) is 3.02. The van der Waals surface area contributed by atoms with Crippen molar-refractivity contribution in [3.05, 3.63) is 65.1 Å². The molecule has 1 aliphatic heterocycles. The van der Waals surface area contributed by atoms with Gasteiger partial charge in [-0.05, 0) is 74.6 Å². The molecule has 216 valence electrons. The SMILES string of the molecule is COc1ccc2ncc(F)c(CCC3CCC4CCC3OCC4NCc3cc4c(F)ccc(F)c4nc3OC)c2n1. The normalized spacial score (nSPS) is 22.6. The van der Waals surface area contributed by atoms with Gasteiger partial charge in [-0.15, -0.1) is 0 Å². The van der Waals surface area contributed by atoms with E-state index in [2.05, 4.69) is 20.3 Å². The molecule has 2 bridgehead atoms. The van der Waals surface area contributed by atoms with E-state index in [1.54, 1.807) is 25.3 Å². The Morgan fingerprint density at radius 3 is 2.59 bits per heavy atom. The monoisotopic (exact) mass is 566 g/mol. The van der Waals surface area contributed by atoms with Gasteiger partial charge in [0.05, 0.1) is 44.2 Å². The van der Waals surface area contributed by atoms with Crippen LogP contribution in [0.25, 0.3) is 21.9 Å². The zero-order valence-electron chi connectivity index (χ0n) is 23.1. The number of hydrogen-bond acceptors (Lipinski definition) is 7. The van der Waals surface area contributed by atoms with Gasteiger partial charge < -0.3 is 19.5 Å². The second-order valence-electron chi connectivity index (χ2n) is 11.0. The van der Waals surface area contributed by atoms with Crippen molar-refractivity contribution in [2.45, 2.75) is 57.2 Å². The quantitative estimate of drug-likeness (QED) is 0.284. The predicted molar refractivity (Wildman–Crippen MR) is 148 cm³/mol. The molecule has 6 rings (SSSR count). The van der Waals surface area contributed by atoms with Crippen LogP contribution in [0.2, 0.25) is 0 Å². The summed E-state index contributed by atoms with van der Waals surface area (Å²) < 4.78 is 60.6. The average Bonchev–Trinajstić information content (AvgIpc) is 3.32. The first-order valence-corrected chi connectivity index (χ1v) is 14.1. The topological polar surface area (TPSA) is 78.4 Å². The van der Waals surface area contributed by atoms with Crippen molar-refractivity contribution < 1.29 is 27.4 Å². The zero-order chi connectivity index (χ0) is 28.5. The second kappa shape index (κ2) is 11.8. The van der Waals surface area contributed by atoms with Crippen molar-refractivity contribution in [2.75, 3.05) is 20.8 Å². The van der Waals surface area contributed by atoms with E-state index in [1.165, 1.54) is 13.3 Å². The predicted octanol–water partition coefficient (Wildman–Crippen LogP) is 5.91. The smallest absolute Gasteiger partial charge is 0.218 e. The molecule has 4 unspecified atom stereocenters. The molecule has 4 heterocycles. The number of aryl methyl sites for hydroxylation is 1. The van der Waals surface area contributed by atoms with Crippen molar-refractivity contribution >= 4 is 21.9 Å². The van der Waals surface area contributed by atoms with E-state index in [1.807, 2.05) is 0 Å². The molecule has 1 saturated heterocycles. The number of benzene rings is 1. The molecule has 1 aliphatic carbocycles. The van der Waals surface area contributed by atoms with Gasteiger partial charge in [0.1, 0.15) is 23.0 Å². The Hall–Kier alpha value is -3.50. The van der Waals surface area contributed by atoms with Gasteiger partial charge in [-0.25, -0.2) is 23.1 Å². The van der Waals surface area contributed by atoms with Crippen LogP contribution in [0.1, 0.15) is 43.2 Å². The molecule has 4 atom stereocenters. The molecule has 1 aromatic carbocycles. The number of ether oxygens (including phenoxy) is 3. The van der Waals surface area contributed by atoms with Gasteiger partial charge in [0.2, 0.25) is 11.8 Å². The van der Waals surface area contributed by atoms with Gasteiger partial charge in [-0.1, -0.05) is 0 Å². The Balaban J connectivity index is 1.12. The summed E-state index contributed by atoms with van der Waals surface area (Å²) in [6.45, 7) is 0.939. The summed E-state index contributed by atoms with van der Waals surface area (Å²) in [6.07, 6.45) is 6.70. The largest absolute Gasteiger partial charge is 0.481 e. The van der Waals surface area contributed by atoms with E-state index in [-0.39, 0.29) is 34.7 Å². The van der Waals surface area contributed by atoms with Gasteiger partial charge >= 0.3 is 0 Å². The summed E-state index contributed by atoms with van der Waals surface area (Å²) in [4.78, 5) is 12.9. The number of pyridine rings is 3. The minimum absolute atomic E-state index is 0.0425. The Labute approximate surface area is 236 Å². The van der Waals surface area contributed by atoms with Gasteiger partial charge in [0.25, 0.3) is 0 Å². The maximum Gasteiger partial charge on any atom is 0.218 e. The number of nitrogens with one attached hydrogen (secondary N) is 1. The Bertz CT molecular complexity index is 1570. The first-order chi connectivity index (χ1) is 19.9. The van der Waals surface area contributed by atoms with Crippen molar-refractivity contribution in [3.8, 4) is 11.8 Å². The van der Waals surface area contributed by atoms with Gasteiger partial charge in [0, 0.05) is 35.2 Å². The minimum atomic E-state index is -0.588. The standard InChI is InChI=1S/C31H33F3N4O3/c1-39-28-12-10-25-30(37-28)20(24(34)15-36-25)7-5-18-4-3-17-6-11-27(18)41-16-26(17)35-14-19-13-21-22(32)8-9-23(33)29(21)38-31(19)40-2/h8-10,12-13,15,17-18,26-27,35H,3-7,11,14,16H2,1-2H3. The number of rotatable bonds is 8. The Kier molecular flexibility index (Phi) is 7.94. The number of halogens is 3. The van der Waals surface area contributed by atoms with E-state index >= 15 is 0 Å². The van der Waals surface area contributed by atoms with Gasteiger partial charge in [-0.2, -0.15) is 0 Å². The van der Waals surface area contributed by atoms with Crippen LogP contribution in [0.3, 0.4) is 0 Å². The van der Waals surface area contributed by atoms with Crippen LogP contribution in [0.15, 0.2) is 36.5 Å². The van der Waals surface area contributed by atoms with Crippen LogP contribution in [-0.4, -0.2) is 47.9 Å². The molecule has 1 saturated carbocycles.